The number of rotatable bonds is 8. The van der Waals surface area contributed by atoms with E-state index in [9.17, 15) is 4.79 Å². The van der Waals surface area contributed by atoms with Crippen molar-refractivity contribution in [1.29, 1.82) is 0 Å². The van der Waals surface area contributed by atoms with E-state index >= 15 is 0 Å². The van der Waals surface area contributed by atoms with Crippen LogP contribution in [0.15, 0.2) is 36.7 Å². The average Bonchev–Trinajstić information content (AvgIpc) is 3.19. The van der Waals surface area contributed by atoms with E-state index in [4.69, 9.17) is 16.7 Å². The Balaban J connectivity index is 1.36. The van der Waals surface area contributed by atoms with Crippen molar-refractivity contribution in [2.24, 2.45) is 0 Å². The molecule has 0 bridgehead atoms. The largest absolute Gasteiger partial charge is 0.395 e. The Morgan fingerprint density at radius 3 is 2.84 bits per heavy atom. The van der Waals surface area contributed by atoms with E-state index in [2.05, 4.69) is 30.9 Å². The molecule has 1 aliphatic carbocycles. The van der Waals surface area contributed by atoms with Gasteiger partial charge in [-0.05, 0) is 55.5 Å². The number of amides is 1. The first kappa shape index (κ1) is 21.5. The van der Waals surface area contributed by atoms with E-state index < -0.39 is 0 Å². The Bertz CT molecular complexity index is 1030. The molecular weight excluding hydrogens is 416 g/mol. The lowest BCUT2D eigenvalue weighted by atomic mass is 9.91. The van der Waals surface area contributed by atoms with Crippen molar-refractivity contribution in [3.8, 4) is 11.1 Å². The van der Waals surface area contributed by atoms with Gasteiger partial charge in [0.15, 0.2) is 0 Å². The number of pyridine rings is 2. The molecule has 1 fully saturated rings. The molecule has 8 nitrogen and oxygen atoms in total. The second-order valence-electron chi connectivity index (χ2n) is 7.83. The van der Waals surface area contributed by atoms with E-state index in [1.54, 1.807) is 6.20 Å². The fourth-order valence-electron chi connectivity index (χ4n) is 4.07. The summed E-state index contributed by atoms with van der Waals surface area (Å²) in [6, 6.07) is 8.29. The predicted molar refractivity (Wildman–Crippen MR) is 122 cm³/mol. The van der Waals surface area contributed by atoms with E-state index in [0.717, 1.165) is 53.7 Å². The summed E-state index contributed by atoms with van der Waals surface area (Å²) in [5.41, 5.74) is 2.86. The van der Waals surface area contributed by atoms with Crippen molar-refractivity contribution < 1.29 is 9.90 Å². The van der Waals surface area contributed by atoms with Gasteiger partial charge in [-0.25, -0.2) is 9.97 Å². The van der Waals surface area contributed by atoms with Crippen LogP contribution in [-0.4, -0.2) is 57.7 Å². The van der Waals surface area contributed by atoms with Crippen LogP contribution in [0.25, 0.3) is 22.2 Å². The first-order chi connectivity index (χ1) is 15.1. The van der Waals surface area contributed by atoms with Crippen LogP contribution in [0.2, 0.25) is 5.15 Å². The van der Waals surface area contributed by atoms with Crippen LogP contribution < -0.4 is 16.0 Å². The predicted octanol–water partition coefficient (Wildman–Crippen LogP) is 2.70. The maximum absolute atomic E-state index is 11.9. The number of halogens is 1. The lowest BCUT2D eigenvalue weighted by Crippen LogP contribution is -2.44. The fraction of sp³-hybridized carbons (Fsp3) is 0.409. The van der Waals surface area contributed by atoms with Gasteiger partial charge in [-0.1, -0.05) is 11.6 Å². The smallest absolute Gasteiger partial charge is 0.234 e. The topological polar surface area (TPSA) is 115 Å². The number of aliphatic hydroxyl groups is 1. The summed E-state index contributed by atoms with van der Waals surface area (Å²) in [6.07, 6.45) is 7.40. The van der Waals surface area contributed by atoms with Gasteiger partial charge in [0.2, 0.25) is 5.91 Å². The number of nitrogens with zero attached hydrogens (tertiary/aromatic N) is 2. The van der Waals surface area contributed by atoms with Crippen LogP contribution in [0.4, 0.5) is 5.82 Å². The minimum Gasteiger partial charge on any atom is -0.395 e. The number of aromatic amines is 1. The molecule has 0 aromatic carbocycles. The summed E-state index contributed by atoms with van der Waals surface area (Å²) in [7, 11) is 0. The number of fused-ring (bicyclic) bond motifs is 1. The van der Waals surface area contributed by atoms with Crippen LogP contribution in [0.1, 0.15) is 25.7 Å². The molecule has 3 aromatic rings. The molecule has 3 aromatic heterocycles. The van der Waals surface area contributed by atoms with Gasteiger partial charge in [-0.2, -0.15) is 0 Å². The highest BCUT2D eigenvalue weighted by Gasteiger charge is 2.23. The van der Waals surface area contributed by atoms with Crippen molar-refractivity contribution in [3.63, 3.8) is 0 Å². The number of carbonyl (C=O) groups excluding carboxylic acids is 1. The van der Waals surface area contributed by atoms with Crippen molar-refractivity contribution in [2.75, 3.05) is 25.0 Å². The first-order valence-electron chi connectivity index (χ1n) is 10.6. The van der Waals surface area contributed by atoms with E-state index in [0.29, 0.717) is 11.7 Å². The van der Waals surface area contributed by atoms with E-state index in [1.165, 1.54) is 0 Å². The van der Waals surface area contributed by atoms with Crippen molar-refractivity contribution >= 4 is 34.4 Å². The Labute approximate surface area is 185 Å². The summed E-state index contributed by atoms with van der Waals surface area (Å²) >= 11 is 6.32. The minimum absolute atomic E-state index is 0.0283. The lowest BCUT2D eigenvalue weighted by Gasteiger charge is -2.30. The number of hydrogen-bond donors (Lipinski definition) is 5. The number of anilines is 1. The van der Waals surface area contributed by atoms with Gasteiger partial charge in [0.05, 0.1) is 13.2 Å². The number of aliphatic hydroxyl groups excluding tert-OH is 1. The SMILES string of the molecule is O=C(CNCCO)N[C@H]1CC[C@H](Nc2cc(-c3c[nH]c4ncccc34)cc(Cl)n2)CC1. The van der Waals surface area contributed by atoms with Gasteiger partial charge in [0, 0.05) is 42.0 Å². The van der Waals surface area contributed by atoms with Gasteiger partial charge in [-0.3, -0.25) is 4.79 Å². The molecule has 1 aliphatic rings. The Kier molecular flexibility index (Phi) is 7.01. The van der Waals surface area contributed by atoms with Crippen molar-refractivity contribution in [3.05, 3.63) is 41.8 Å². The third kappa shape index (κ3) is 5.52. The number of carbonyl (C=O) groups is 1. The summed E-state index contributed by atoms with van der Waals surface area (Å²) in [5.74, 6) is 0.723. The molecule has 0 aliphatic heterocycles. The highest BCUT2D eigenvalue weighted by molar-refractivity contribution is 6.29. The van der Waals surface area contributed by atoms with Crippen LogP contribution in [0.5, 0.6) is 0 Å². The van der Waals surface area contributed by atoms with Gasteiger partial charge in [-0.15, -0.1) is 0 Å². The molecule has 164 valence electrons. The van der Waals surface area contributed by atoms with Crippen LogP contribution in [0, 0.1) is 0 Å². The molecule has 0 atom stereocenters. The van der Waals surface area contributed by atoms with E-state index in [-0.39, 0.29) is 31.1 Å². The van der Waals surface area contributed by atoms with Gasteiger partial charge < -0.3 is 26.0 Å². The molecule has 0 unspecified atom stereocenters. The van der Waals surface area contributed by atoms with Gasteiger partial charge in [0.25, 0.3) is 0 Å². The molecule has 0 radical (unpaired) electrons. The quantitative estimate of drug-likeness (QED) is 0.270. The lowest BCUT2D eigenvalue weighted by molar-refractivity contribution is -0.121. The molecule has 9 heteroatoms. The summed E-state index contributed by atoms with van der Waals surface area (Å²) in [5, 5.41) is 19.7. The van der Waals surface area contributed by atoms with E-state index in [1.807, 2.05) is 30.5 Å². The molecule has 0 saturated heterocycles. The average molecular weight is 443 g/mol. The second-order valence-corrected chi connectivity index (χ2v) is 8.21. The number of aromatic nitrogens is 3. The zero-order valence-electron chi connectivity index (χ0n) is 17.2. The highest BCUT2D eigenvalue weighted by Crippen LogP contribution is 2.31. The van der Waals surface area contributed by atoms with Gasteiger partial charge in [0.1, 0.15) is 16.6 Å². The zero-order chi connectivity index (χ0) is 21.6. The Morgan fingerprint density at radius 2 is 2.03 bits per heavy atom. The highest BCUT2D eigenvalue weighted by atomic mass is 35.5. The number of hydrogen-bond acceptors (Lipinski definition) is 6. The number of H-pyrrole nitrogens is 1. The molecule has 0 spiro atoms. The summed E-state index contributed by atoms with van der Waals surface area (Å²) in [4.78, 5) is 23.9. The Morgan fingerprint density at radius 1 is 1.23 bits per heavy atom. The normalized spacial score (nSPS) is 18.8. The molecule has 3 heterocycles. The fourth-order valence-corrected chi connectivity index (χ4v) is 4.28. The molecule has 4 rings (SSSR count). The monoisotopic (exact) mass is 442 g/mol. The van der Waals surface area contributed by atoms with Crippen LogP contribution >= 0.6 is 11.6 Å². The number of nitrogens with one attached hydrogen (secondary N) is 4. The molecule has 31 heavy (non-hydrogen) atoms. The molecule has 5 N–H and O–H groups in total. The molecule has 1 saturated carbocycles. The zero-order valence-corrected chi connectivity index (χ0v) is 18.0. The summed E-state index contributed by atoms with van der Waals surface area (Å²) < 4.78 is 0. The van der Waals surface area contributed by atoms with Crippen LogP contribution in [0.3, 0.4) is 0 Å². The van der Waals surface area contributed by atoms with Gasteiger partial charge >= 0.3 is 0 Å². The Hall–Kier alpha value is -2.68. The third-order valence-corrected chi connectivity index (χ3v) is 5.77. The molecule has 1 amide bonds. The molecular formula is C22H27ClN6O2. The third-order valence-electron chi connectivity index (χ3n) is 5.57. The second kappa shape index (κ2) is 10.1. The van der Waals surface area contributed by atoms with Crippen molar-refractivity contribution in [1.82, 2.24) is 25.6 Å². The van der Waals surface area contributed by atoms with Crippen molar-refractivity contribution in [2.45, 2.75) is 37.8 Å². The standard InChI is InChI=1S/C22H27ClN6O2/c23-19-10-14(18-12-26-22-17(18)2-1-7-25-22)11-20(29-19)27-15-3-5-16(6-4-15)28-21(31)13-24-8-9-30/h1-2,7,10-12,15-16,24,30H,3-6,8-9,13H2,(H,25,26)(H,27,29)(H,28,31)/t15-,16-. The minimum atomic E-state index is -0.0285. The first-order valence-corrected chi connectivity index (χ1v) is 11.0. The van der Waals surface area contributed by atoms with Crippen LogP contribution in [-0.2, 0) is 4.79 Å². The maximum atomic E-state index is 11.9. The summed E-state index contributed by atoms with van der Waals surface area (Å²) in [6.45, 7) is 0.686. The maximum Gasteiger partial charge on any atom is 0.234 e.